The molecule has 7 heteroatoms. The van der Waals surface area contributed by atoms with Crippen molar-refractivity contribution in [3.05, 3.63) is 77.2 Å². The Morgan fingerprint density at radius 1 is 1.14 bits per heavy atom. The van der Waals surface area contributed by atoms with Gasteiger partial charge in [0.25, 0.3) is 11.8 Å². The summed E-state index contributed by atoms with van der Waals surface area (Å²) in [6.45, 7) is 0.444. The molecule has 2 aromatic carbocycles. The number of halogens is 1. The SMILES string of the molecule is O=C(COc1ccc(Cl)cc1)Nc1ccc2c(c1)N(C(=O)c1ccco1)CC2. The van der Waals surface area contributed by atoms with Crippen molar-refractivity contribution in [2.24, 2.45) is 0 Å². The second kappa shape index (κ2) is 7.78. The molecule has 4 rings (SSSR count). The molecule has 0 unspecified atom stereocenters. The van der Waals surface area contributed by atoms with Gasteiger partial charge in [-0.25, -0.2) is 0 Å². The Morgan fingerprint density at radius 2 is 1.96 bits per heavy atom. The van der Waals surface area contributed by atoms with Crippen LogP contribution < -0.4 is 15.0 Å². The summed E-state index contributed by atoms with van der Waals surface area (Å²) in [5.74, 6) is 0.359. The number of nitrogens with zero attached hydrogens (tertiary/aromatic N) is 1. The highest BCUT2D eigenvalue weighted by atomic mass is 35.5. The summed E-state index contributed by atoms with van der Waals surface area (Å²) in [5, 5.41) is 3.40. The monoisotopic (exact) mass is 396 g/mol. The molecule has 0 radical (unpaired) electrons. The number of carbonyl (C=O) groups excluding carboxylic acids is 2. The Hall–Kier alpha value is -3.25. The third kappa shape index (κ3) is 3.87. The summed E-state index contributed by atoms with van der Waals surface area (Å²) < 4.78 is 10.7. The molecule has 1 N–H and O–H groups in total. The molecule has 6 nitrogen and oxygen atoms in total. The number of amides is 2. The second-order valence-electron chi connectivity index (χ2n) is 6.32. The van der Waals surface area contributed by atoms with Gasteiger partial charge in [-0.3, -0.25) is 9.59 Å². The fourth-order valence-electron chi connectivity index (χ4n) is 3.08. The van der Waals surface area contributed by atoms with E-state index < -0.39 is 0 Å². The molecular weight excluding hydrogens is 380 g/mol. The van der Waals surface area contributed by atoms with Crippen molar-refractivity contribution in [3.63, 3.8) is 0 Å². The van der Waals surface area contributed by atoms with Gasteiger partial charge in [0.2, 0.25) is 0 Å². The Morgan fingerprint density at radius 3 is 2.71 bits per heavy atom. The fraction of sp³-hybridized carbons (Fsp3) is 0.143. The Kier molecular flexibility index (Phi) is 5.04. The highest BCUT2D eigenvalue weighted by molar-refractivity contribution is 6.30. The number of anilines is 2. The van der Waals surface area contributed by atoms with E-state index in [1.165, 1.54) is 6.26 Å². The molecule has 0 saturated carbocycles. The number of fused-ring (bicyclic) bond motifs is 1. The van der Waals surface area contributed by atoms with Crippen LogP contribution in [0.25, 0.3) is 0 Å². The molecule has 2 amide bonds. The number of nitrogens with one attached hydrogen (secondary N) is 1. The highest BCUT2D eigenvalue weighted by Gasteiger charge is 2.27. The van der Waals surface area contributed by atoms with Crippen molar-refractivity contribution in [2.75, 3.05) is 23.4 Å². The number of furan rings is 1. The molecule has 3 aromatic rings. The van der Waals surface area contributed by atoms with Crippen molar-refractivity contribution in [1.82, 2.24) is 0 Å². The quantitative estimate of drug-likeness (QED) is 0.703. The molecule has 142 valence electrons. The first-order chi connectivity index (χ1) is 13.6. The molecule has 0 fully saturated rings. The van der Waals surface area contributed by atoms with Crippen molar-refractivity contribution in [3.8, 4) is 5.75 Å². The molecule has 0 aliphatic carbocycles. The van der Waals surface area contributed by atoms with Crippen LogP contribution in [0.1, 0.15) is 16.1 Å². The van der Waals surface area contributed by atoms with Gasteiger partial charge >= 0.3 is 0 Å². The summed E-state index contributed by atoms with van der Waals surface area (Å²) in [4.78, 5) is 26.5. The molecule has 28 heavy (non-hydrogen) atoms. The van der Waals surface area contributed by atoms with Gasteiger partial charge in [-0.1, -0.05) is 17.7 Å². The van der Waals surface area contributed by atoms with Crippen molar-refractivity contribution < 1.29 is 18.7 Å². The maximum atomic E-state index is 12.6. The summed E-state index contributed by atoms with van der Waals surface area (Å²) in [6.07, 6.45) is 2.23. The number of ether oxygens (including phenoxy) is 1. The number of benzene rings is 2. The summed E-state index contributed by atoms with van der Waals surface area (Å²) in [7, 11) is 0. The molecule has 0 saturated heterocycles. The van der Waals surface area contributed by atoms with Gasteiger partial charge in [-0.05, 0) is 60.5 Å². The first kappa shape index (κ1) is 18.1. The van der Waals surface area contributed by atoms with E-state index in [4.69, 9.17) is 20.8 Å². The van der Waals surface area contributed by atoms with Crippen molar-refractivity contribution in [2.45, 2.75) is 6.42 Å². The van der Waals surface area contributed by atoms with E-state index >= 15 is 0 Å². The number of hydrogen-bond donors (Lipinski definition) is 1. The number of hydrogen-bond acceptors (Lipinski definition) is 4. The lowest BCUT2D eigenvalue weighted by atomic mass is 10.1. The minimum absolute atomic E-state index is 0.131. The zero-order valence-corrected chi connectivity index (χ0v) is 15.6. The third-order valence-corrected chi connectivity index (χ3v) is 4.68. The molecule has 1 aliphatic heterocycles. The van der Waals surface area contributed by atoms with Crippen LogP contribution in [-0.4, -0.2) is 25.0 Å². The second-order valence-corrected chi connectivity index (χ2v) is 6.75. The summed E-state index contributed by atoms with van der Waals surface area (Å²) >= 11 is 5.83. The molecule has 0 bridgehead atoms. The standard InChI is InChI=1S/C21H17ClN2O4/c22-15-4-7-17(8-5-15)28-13-20(25)23-16-6-3-14-9-10-24(18(14)12-16)21(26)19-2-1-11-27-19/h1-8,11-12H,9-10,13H2,(H,23,25). The topological polar surface area (TPSA) is 71.8 Å². The van der Waals surface area contributed by atoms with E-state index in [2.05, 4.69) is 5.32 Å². The lowest BCUT2D eigenvalue weighted by molar-refractivity contribution is -0.118. The van der Waals surface area contributed by atoms with Crippen molar-refractivity contribution in [1.29, 1.82) is 0 Å². The van der Waals surface area contributed by atoms with E-state index in [0.29, 0.717) is 28.8 Å². The molecule has 1 aromatic heterocycles. The van der Waals surface area contributed by atoms with Crippen LogP contribution in [-0.2, 0) is 11.2 Å². The normalized spacial score (nSPS) is 12.5. The van der Waals surface area contributed by atoms with E-state index in [-0.39, 0.29) is 18.4 Å². The van der Waals surface area contributed by atoms with Crippen LogP contribution in [0.15, 0.2) is 65.3 Å². The minimum Gasteiger partial charge on any atom is -0.484 e. The maximum absolute atomic E-state index is 12.6. The van der Waals surface area contributed by atoms with E-state index in [0.717, 1.165) is 17.7 Å². The molecule has 0 atom stereocenters. The van der Waals surface area contributed by atoms with Crippen molar-refractivity contribution >= 4 is 34.8 Å². The average Bonchev–Trinajstić information content (AvgIpc) is 3.37. The van der Waals surface area contributed by atoms with E-state index in [9.17, 15) is 9.59 Å². The largest absolute Gasteiger partial charge is 0.484 e. The minimum atomic E-state index is -0.295. The van der Waals surface area contributed by atoms with Gasteiger partial charge < -0.3 is 19.4 Å². The lowest BCUT2D eigenvalue weighted by Gasteiger charge is -2.17. The predicted molar refractivity (Wildman–Crippen MR) is 106 cm³/mol. The van der Waals surface area contributed by atoms with Gasteiger partial charge in [0.15, 0.2) is 12.4 Å². The Bertz CT molecular complexity index is 1000. The number of carbonyl (C=O) groups is 2. The van der Waals surface area contributed by atoms with Gasteiger partial charge in [-0.15, -0.1) is 0 Å². The molecule has 1 aliphatic rings. The van der Waals surface area contributed by atoms with Gasteiger partial charge in [0.1, 0.15) is 5.75 Å². The zero-order valence-electron chi connectivity index (χ0n) is 14.9. The average molecular weight is 397 g/mol. The smallest absolute Gasteiger partial charge is 0.293 e. The van der Waals surface area contributed by atoms with Crippen LogP contribution in [0, 0.1) is 0 Å². The predicted octanol–water partition coefficient (Wildman–Crippen LogP) is 4.15. The van der Waals surface area contributed by atoms with E-state index in [1.807, 2.05) is 12.1 Å². The first-order valence-electron chi connectivity index (χ1n) is 8.77. The molecule has 2 heterocycles. The molecular formula is C21H17ClN2O4. The fourth-order valence-corrected chi connectivity index (χ4v) is 3.20. The Labute approximate surface area is 166 Å². The van der Waals surface area contributed by atoms with Crippen LogP contribution in [0.5, 0.6) is 5.75 Å². The maximum Gasteiger partial charge on any atom is 0.293 e. The van der Waals surface area contributed by atoms with Crippen LogP contribution >= 0.6 is 11.6 Å². The van der Waals surface area contributed by atoms with Crippen LogP contribution in [0.2, 0.25) is 5.02 Å². The third-order valence-electron chi connectivity index (χ3n) is 4.43. The lowest BCUT2D eigenvalue weighted by Crippen LogP contribution is -2.28. The summed E-state index contributed by atoms with van der Waals surface area (Å²) in [5.41, 5.74) is 2.43. The molecule has 0 spiro atoms. The van der Waals surface area contributed by atoms with Gasteiger partial charge in [-0.2, -0.15) is 0 Å². The van der Waals surface area contributed by atoms with Crippen LogP contribution in [0.4, 0.5) is 11.4 Å². The Balaban J connectivity index is 1.42. The summed E-state index contributed by atoms with van der Waals surface area (Å²) in [6, 6.07) is 15.6. The highest BCUT2D eigenvalue weighted by Crippen LogP contribution is 2.32. The van der Waals surface area contributed by atoms with Crippen LogP contribution in [0.3, 0.4) is 0 Å². The number of rotatable bonds is 5. The van der Waals surface area contributed by atoms with Gasteiger partial charge in [0, 0.05) is 22.9 Å². The first-order valence-corrected chi connectivity index (χ1v) is 9.14. The zero-order chi connectivity index (χ0) is 19.5. The van der Waals surface area contributed by atoms with Gasteiger partial charge in [0.05, 0.1) is 6.26 Å². The van der Waals surface area contributed by atoms with E-state index in [1.54, 1.807) is 47.4 Å².